The third-order valence-electron chi connectivity index (χ3n) is 4.47. The minimum Gasteiger partial charge on any atom is -0.224 e. The summed E-state index contributed by atoms with van der Waals surface area (Å²) in [7, 11) is -5.46. The summed E-state index contributed by atoms with van der Waals surface area (Å²) in [6, 6.07) is 13.0. The van der Waals surface area contributed by atoms with Gasteiger partial charge in [-0.1, -0.05) is 24.3 Å². The molecule has 0 aliphatic heterocycles. The Labute approximate surface area is 142 Å². The molecule has 0 N–H and O–H groups in total. The number of fused-ring (bicyclic) bond motifs is 1. The molecule has 5 nitrogen and oxygen atoms in total. The number of benzene rings is 2. The molecule has 2 aromatic rings. The highest BCUT2D eigenvalue weighted by Gasteiger charge is 2.33. The predicted molar refractivity (Wildman–Crippen MR) is 92.0 cm³/mol. The van der Waals surface area contributed by atoms with Crippen LogP contribution in [0.1, 0.15) is 23.6 Å². The lowest BCUT2D eigenvalue weighted by atomic mass is 10.1. The molecule has 1 unspecified atom stereocenters. The van der Waals surface area contributed by atoms with Gasteiger partial charge in [0, 0.05) is 13.3 Å². The van der Waals surface area contributed by atoms with E-state index < -0.39 is 19.9 Å². The Morgan fingerprint density at radius 2 is 1.50 bits per heavy atom. The first-order valence-corrected chi connectivity index (χ1v) is 10.9. The van der Waals surface area contributed by atoms with Crippen molar-refractivity contribution in [3.05, 3.63) is 59.7 Å². The fourth-order valence-corrected chi connectivity index (χ4v) is 5.10. The van der Waals surface area contributed by atoms with E-state index in [-0.39, 0.29) is 15.8 Å². The number of sulfonamides is 1. The molecule has 1 aliphatic rings. The Morgan fingerprint density at radius 1 is 0.917 bits per heavy atom. The van der Waals surface area contributed by atoms with Crippen LogP contribution in [0.15, 0.2) is 58.3 Å². The fourth-order valence-electron chi connectivity index (χ4n) is 3.10. The maximum Gasteiger partial charge on any atom is 0.243 e. The van der Waals surface area contributed by atoms with Crippen molar-refractivity contribution < 1.29 is 16.8 Å². The third-order valence-corrected chi connectivity index (χ3v) is 7.48. The van der Waals surface area contributed by atoms with Crippen molar-refractivity contribution >= 4 is 19.9 Å². The summed E-state index contributed by atoms with van der Waals surface area (Å²) in [5.41, 5.74) is 2.22. The van der Waals surface area contributed by atoms with E-state index in [2.05, 4.69) is 0 Å². The zero-order valence-electron chi connectivity index (χ0n) is 13.5. The van der Waals surface area contributed by atoms with Gasteiger partial charge in [0.05, 0.1) is 15.8 Å². The highest BCUT2D eigenvalue weighted by molar-refractivity contribution is 7.90. The Morgan fingerprint density at radius 3 is 2.12 bits per heavy atom. The van der Waals surface area contributed by atoms with Crippen LogP contribution in [0.4, 0.5) is 0 Å². The van der Waals surface area contributed by atoms with E-state index in [1.165, 1.54) is 34.1 Å². The lowest BCUT2D eigenvalue weighted by Crippen LogP contribution is -2.30. The minimum absolute atomic E-state index is 0.0989. The predicted octanol–water partition coefficient (Wildman–Crippen LogP) is 2.40. The van der Waals surface area contributed by atoms with Gasteiger partial charge in [0.15, 0.2) is 9.84 Å². The minimum atomic E-state index is -3.69. The van der Waals surface area contributed by atoms with Crippen molar-refractivity contribution in [2.24, 2.45) is 0 Å². The van der Waals surface area contributed by atoms with Gasteiger partial charge in [-0.15, -0.1) is 0 Å². The molecule has 1 atom stereocenters. The average molecular weight is 365 g/mol. The first kappa shape index (κ1) is 17.1. The lowest BCUT2D eigenvalue weighted by Gasteiger charge is -2.25. The van der Waals surface area contributed by atoms with Crippen molar-refractivity contribution in [3.63, 3.8) is 0 Å². The zero-order valence-corrected chi connectivity index (χ0v) is 15.1. The Hall–Kier alpha value is -1.70. The quantitative estimate of drug-likeness (QED) is 0.834. The SMILES string of the molecule is CN(C1CCc2ccccc21)S(=O)(=O)c1ccc(S(C)(=O)=O)cc1. The van der Waals surface area contributed by atoms with E-state index in [0.717, 1.165) is 24.7 Å². The summed E-state index contributed by atoms with van der Waals surface area (Å²) in [4.78, 5) is 0.206. The lowest BCUT2D eigenvalue weighted by molar-refractivity contribution is 0.374. The van der Waals surface area contributed by atoms with E-state index >= 15 is 0 Å². The van der Waals surface area contributed by atoms with Gasteiger partial charge < -0.3 is 0 Å². The first-order chi connectivity index (χ1) is 11.2. The highest BCUT2D eigenvalue weighted by Crippen LogP contribution is 2.37. The van der Waals surface area contributed by atoms with Crippen molar-refractivity contribution in [2.75, 3.05) is 13.3 Å². The standard InChI is InChI=1S/C17H19NO4S2/c1-18(17-12-7-13-5-3-4-6-16(13)17)24(21,22)15-10-8-14(9-11-15)23(2,19)20/h3-6,8-11,17H,7,12H2,1-2H3. The molecule has 24 heavy (non-hydrogen) atoms. The van der Waals surface area contributed by atoms with Crippen molar-refractivity contribution in [3.8, 4) is 0 Å². The van der Waals surface area contributed by atoms with Crippen LogP contribution < -0.4 is 0 Å². The van der Waals surface area contributed by atoms with Gasteiger partial charge in [0.1, 0.15) is 0 Å². The number of sulfone groups is 1. The first-order valence-electron chi connectivity index (χ1n) is 7.57. The van der Waals surface area contributed by atoms with Crippen LogP contribution in [0.3, 0.4) is 0 Å². The molecule has 1 aliphatic carbocycles. The molecule has 0 spiro atoms. The van der Waals surface area contributed by atoms with Crippen molar-refractivity contribution in [1.29, 1.82) is 0 Å². The zero-order chi connectivity index (χ0) is 17.5. The molecule has 2 aromatic carbocycles. The van der Waals surface area contributed by atoms with Crippen LogP contribution in [0, 0.1) is 0 Å². The van der Waals surface area contributed by atoms with Crippen LogP contribution in [-0.4, -0.2) is 34.4 Å². The summed E-state index contributed by atoms with van der Waals surface area (Å²) >= 11 is 0. The molecular weight excluding hydrogens is 346 g/mol. The van der Waals surface area contributed by atoms with Crippen LogP contribution in [0.5, 0.6) is 0 Å². The summed E-state index contributed by atoms with van der Waals surface area (Å²) in [6.45, 7) is 0. The summed E-state index contributed by atoms with van der Waals surface area (Å²) in [6.07, 6.45) is 2.70. The van der Waals surface area contributed by atoms with Gasteiger partial charge in [-0.2, -0.15) is 4.31 Å². The Bertz CT molecular complexity index is 964. The number of rotatable bonds is 4. The molecule has 0 fully saturated rings. The number of hydrogen-bond donors (Lipinski definition) is 0. The number of nitrogens with zero attached hydrogens (tertiary/aromatic N) is 1. The third kappa shape index (κ3) is 2.99. The second-order valence-corrected chi connectivity index (χ2v) is 10.0. The molecule has 128 valence electrons. The maximum absolute atomic E-state index is 12.9. The molecule has 0 saturated carbocycles. The monoisotopic (exact) mass is 365 g/mol. The fraction of sp³-hybridized carbons (Fsp3) is 0.294. The van der Waals surface area contributed by atoms with E-state index in [9.17, 15) is 16.8 Å². The van der Waals surface area contributed by atoms with Gasteiger partial charge in [-0.25, -0.2) is 16.8 Å². The van der Waals surface area contributed by atoms with Gasteiger partial charge in [0.2, 0.25) is 10.0 Å². The second kappa shape index (κ2) is 5.98. The Kier molecular flexibility index (Phi) is 4.27. The van der Waals surface area contributed by atoms with E-state index in [1.54, 1.807) is 7.05 Å². The highest BCUT2D eigenvalue weighted by atomic mass is 32.2. The summed E-state index contributed by atoms with van der Waals surface area (Å²) < 4.78 is 50.1. The van der Waals surface area contributed by atoms with Gasteiger partial charge in [-0.05, 0) is 48.2 Å². The van der Waals surface area contributed by atoms with E-state index in [1.807, 2.05) is 24.3 Å². The molecule has 7 heteroatoms. The summed E-state index contributed by atoms with van der Waals surface area (Å²) in [5, 5.41) is 0. The van der Waals surface area contributed by atoms with Gasteiger partial charge in [0.25, 0.3) is 0 Å². The molecule has 0 heterocycles. The number of hydrogen-bond acceptors (Lipinski definition) is 4. The topological polar surface area (TPSA) is 71.5 Å². The molecule has 0 radical (unpaired) electrons. The Balaban J connectivity index is 1.94. The van der Waals surface area contributed by atoms with Crippen LogP contribution in [0.25, 0.3) is 0 Å². The molecule has 0 bridgehead atoms. The smallest absolute Gasteiger partial charge is 0.224 e. The van der Waals surface area contributed by atoms with Crippen LogP contribution >= 0.6 is 0 Å². The summed E-state index contributed by atoms with van der Waals surface area (Å²) in [5.74, 6) is 0. The molecule has 0 amide bonds. The number of aryl methyl sites for hydroxylation is 1. The van der Waals surface area contributed by atoms with Crippen molar-refractivity contribution in [1.82, 2.24) is 4.31 Å². The molecule has 0 saturated heterocycles. The van der Waals surface area contributed by atoms with E-state index in [0.29, 0.717) is 0 Å². The largest absolute Gasteiger partial charge is 0.243 e. The molecule has 0 aromatic heterocycles. The maximum atomic E-state index is 12.9. The average Bonchev–Trinajstić information content (AvgIpc) is 2.97. The van der Waals surface area contributed by atoms with E-state index in [4.69, 9.17) is 0 Å². The molecular formula is C17H19NO4S2. The van der Waals surface area contributed by atoms with Gasteiger partial charge in [-0.3, -0.25) is 0 Å². The normalized spacial score (nSPS) is 17.9. The van der Waals surface area contributed by atoms with Crippen molar-refractivity contribution in [2.45, 2.75) is 28.7 Å². The van der Waals surface area contributed by atoms with Crippen LogP contribution in [0.2, 0.25) is 0 Å². The molecule has 3 rings (SSSR count). The van der Waals surface area contributed by atoms with Crippen LogP contribution in [-0.2, 0) is 26.3 Å². The van der Waals surface area contributed by atoms with Gasteiger partial charge >= 0.3 is 0 Å². The second-order valence-electron chi connectivity index (χ2n) is 6.02.